The van der Waals surface area contributed by atoms with Crippen molar-refractivity contribution in [3.8, 4) is 0 Å². The zero-order chi connectivity index (χ0) is 19.1. The van der Waals surface area contributed by atoms with Gasteiger partial charge in [0.2, 0.25) is 5.78 Å². The third-order valence-electron chi connectivity index (χ3n) is 4.06. The Hall–Kier alpha value is -1.68. The van der Waals surface area contributed by atoms with E-state index in [4.69, 9.17) is 23.8 Å². The normalized spacial score (nSPS) is 26.1. The number of benzene rings is 1. The molecule has 4 nitrogen and oxygen atoms in total. The topological polar surface area (TPSA) is 61.4 Å². The predicted molar refractivity (Wildman–Crippen MR) is 95.8 cm³/mol. The summed E-state index contributed by atoms with van der Waals surface area (Å²) in [5.41, 5.74) is -1.95. The van der Waals surface area contributed by atoms with E-state index < -0.39 is 29.6 Å². The summed E-state index contributed by atoms with van der Waals surface area (Å²) in [6.07, 6.45) is -5.14. The number of carbonyl (C=O) groups excluding carboxylic acids is 1. The van der Waals surface area contributed by atoms with E-state index >= 15 is 0 Å². The lowest BCUT2D eigenvalue weighted by Crippen LogP contribution is -2.66. The average molecular weight is 421 g/mol. The van der Waals surface area contributed by atoms with Gasteiger partial charge in [-0.1, -0.05) is 29.8 Å². The molecule has 1 aliphatic heterocycles. The van der Waals surface area contributed by atoms with Crippen molar-refractivity contribution < 1.29 is 23.1 Å². The summed E-state index contributed by atoms with van der Waals surface area (Å²) in [5.74, 6) is -3.95. The van der Waals surface area contributed by atoms with Crippen molar-refractivity contribution in [3.05, 3.63) is 57.2 Å². The number of thiophene rings is 1. The maximum atomic E-state index is 13.3. The number of ketones is 1. The van der Waals surface area contributed by atoms with Gasteiger partial charge >= 0.3 is 6.18 Å². The van der Waals surface area contributed by atoms with Crippen molar-refractivity contribution in [2.75, 3.05) is 0 Å². The van der Waals surface area contributed by atoms with Crippen molar-refractivity contribution >= 4 is 46.1 Å². The largest absolute Gasteiger partial charge is 0.450 e. The average Bonchev–Trinajstić information content (AvgIpc) is 3.08. The van der Waals surface area contributed by atoms with Crippen LogP contribution in [0.2, 0.25) is 5.02 Å². The Morgan fingerprint density at radius 1 is 1.27 bits per heavy atom. The number of nitrogens with one attached hydrogen (secondary N) is 2. The fourth-order valence-corrected chi connectivity index (χ4v) is 4.15. The number of hydrogen-bond donors (Lipinski definition) is 3. The van der Waals surface area contributed by atoms with Crippen LogP contribution >= 0.6 is 35.2 Å². The van der Waals surface area contributed by atoms with Gasteiger partial charge in [0.15, 0.2) is 10.8 Å². The number of alkyl halides is 3. The molecule has 10 heteroatoms. The minimum absolute atomic E-state index is 0.0629. The SMILES string of the molecule is O=C(C1C(c2ccc(Cl)cc2)NC(=S)NC1(O)c1cccs1)C(F)(F)F. The zero-order valence-electron chi connectivity index (χ0n) is 12.9. The third kappa shape index (κ3) is 3.44. The van der Waals surface area contributed by atoms with Gasteiger partial charge in [-0.05, 0) is 41.4 Å². The second-order valence-electron chi connectivity index (χ2n) is 5.71. The molecule has 3 N–H and O–H groups in total. The molecule has 1 aromatic carbocycles. The number of rotatable bonds is 3. The molecule has 0 amide bonds. The maximum absolute atomic E-state index is 13.3. The smallest absolute Gasteiger partial charge is 0.366 e. The van der Waals surface area contributed by atoms with Gasteiger partial charge < -0.3 is 15.7 Å². The molecule has 26 heavy (non-hydrogen) atoms. The molecule has 1 aromatic heterocycles. The van der Waals surface area contributed by atoms with Crippen LogP contribution < -0.4 is 10.6 Å². The van der Waals surface area contributed by atoms with Gasteiger partial charge in [-0.15, -0.1) is 11.3 Å². The fourth-order valence-electron chi connectivity index (χ4n) is 2.93. The Kier molecular flexibility index (Phi) is 5.00. The first-order chi connectivity index (χ1) is 12.1. The molecule has 0 saturated carbocycles. The van der Waals surface area contributed by atoms with E-state index in [0.717, 1.165) is 11.3 Å². The van der Waals surface area contributed by atoms with E-state index in [1.165, 1.54) is 30.3 Å². The van der Waals surface area contributed by atoms with E-state index in [1.54, 1.807) is 11.4 Å². The summed E-state index contributed by atoms with van der Waals surface area (Å²) in [6, 6.07) is 7.77. The summed E-state index contributed by atoms with van der Waals surface area (Å²) in [7, 11) is 0. The monoisotopic (exact) mass is 420 g/mol. The van der Waals surface area contributed by atoms with Crippen molar-refractivity contribution in [1.82, 2.24) is 10.6 Å². The van der Waals surface area contributed by atoms with Gasteiger partial charge in [-0.25, -0.2) is 0 Å². The molecule has 3 atom stereocenters. The molecule has 138 valence electrons. The van der Waals surface area contributed by atoms with Crippen LogP contribution in [0.1, 0.15) is 16.5 Å². The van der Waals surface area contributed by atoms with Gasteiger partial charge in [-0.3, -0.25) is 4.79 Å². The zero-order valence-corrected chi connectivity index (χ0v) is 15.3. The third-order valence-corrected chi connectivity index (χ3v) is 5.53. The van der Waals surface area contributed by atoms with E-state index in [1.807, 2.05) is 0 Å². The summed E-state index contributed by atoms with van der Waals surface area (Å²) in [4.78, 5) is 12.4. The van der Waals surface area contributed by atoms with Crippen LogP contribution in [0.4, 0.5) is 13.2 Å². The highest BCUT2D eigenvalue weighted by molar-refractivity contribution is 7.80. The Labute approximate surface area is 161 Å². The quantitative estimate of drug-likeness (QED) is 0.663. The van der Waals surface area contributed by atoms with E-state index in [-0.39, 0.29) is 9.99 Å². The Bertz CT molecular complexity index is 827. The maximum Gasteiger partial charge on any atom is 0.450 e. The lowest BCUT2D eigenvalue weighted by Gasteiger charge is -2.45. The highest BCUT2D eigenvalue weighted by Gasteiger charge is 2.59. The molecule has 1 fully saturated rings. The van der Waals surface area contributed by atoms with Crippen molar-refractivity contribution in [3.63, 3.8) is 0 Å². The molecule has 0 aliphatic carbocycles. The van der Waals surface area contributed by atoms with Crippen LogP contribution in [0.25, 0.3) is 0 Å². The van der Waals surface area contributed by atoms with Gasteiger partial charge in [0.25, 0.3) is 0 Å². The molecule has 1 saturated heterocycles. The number of thiocarbonyl (C=S) groups is 1. The molecular formula is C16H12ClF3N2O2S2. The van der Waals surface area contributed by atoms with Crippen LogP contribution in [0.15, 0.2) is 41.8 Å². The highest BCUT2D eigenvalue weighted by Crippen LogP contribution is 2.44. The van der Waals surface area contributed by atoms with Gasteiger partial charge in [0.1, 0.15) is 5.92 Å². The van der Waals surface area contributed by atoms with Gasteiger partial charge in [0.05, 0.1) is 10.9 Å². The highest BCUT2D eigenvalue weighted by atomic mass is 35.5. The van der Waals surface area contributed by atoms with E-state index in [2.05, 4.69) is 10.6 Å². The second kappa shape index (κ2) is 6.80. The fraction of sp³-hybridized carbons (Fsp3) is 0.250. The molecule has 2 heterocycles. The van der Waals surface area contributed by atoms with Crippen molar-refractivity contribution in [2.24, 2.45) is 5.92 Å². The standard InChI is InChI=1S/C16H12ClF3N2O2S2/c17-9-5-3-8(4-6-9)12-11(13(23)16(18,19)20)15(24,22-14(25)21-12)10-2-1-7-26-10/h1-7,11-12,24H,(H2,21,22,25). The van der Waals surface area contributed by atoms with Crippen LogP contribution in [0.3, 0.4) is 0 Å². The van der Waals surface area contributed by atoms with E-state index in [0.29, 0.717) is 10.6 Å². The lowest BCUT2D eigenvalue weighted by atomic mass is 9.78. The number of hydrogen-bond acceptors (Lipinski definition) is 4. The Balaban J connectivity index is 2.16. The molecule has 0 spiro atoms. The number of Topliss-reactive ketones (excluding diaryl/α,β-unsaturated/α-hetero) is 1. The summed E-state index contributed by atoms with van der Waals surface area (Å²) >= 11 is 11.9. The molecule has 0 bridgehead atoms. The van der Waals surface area contributed by atoms with Gasteiger partial charge in [-0.2, -0.15) is 13.2 Å². The van der Waals surface area contributed by atoms with E-state index in [9.17, 15) is 23.1 Å². The summed E-state index contributed by atoms with van der Waals surface area (Å²) < 4.78 is 39.9. The first kappa shape index (κ1) is 19.1. The van der Waals surface area contributed by atoms with Crippen LogP contribution in [-0.2, 0) is 10.5 Å². The minimum Gasteiger partial charge on any atom is -0.366 e. The van der Waals surface area contributed by atoms with Crippen LogP contribution in [0, 0.1) is 5.92 Å². The number of aliphatic hydroxyl groups is 1. The number of carbonyl (C=O) groups is 1. The predicted octanol–water partition coefficient (Wildman–Crippen LogP) is 3.51. The molecule has 2 aromatic rings. The lowest BCUT2D eigenvalue weighted by molar-refractivity contribution is -0.189. The molecular weight excluding hydrogens is 409 g/mol. The summed E-state index contributed by atoms with van der Waals surface area (Å²) in [6.45, 7) is 0. The Morgan fingerprint density at radius 3 is 2.46 bits per heavy atom. The van der Waals surface area contributed by atoms with Gasteiger partial charge in [0, 0.05) is 5.02 Å². The minimum atomic E-state index is -5.14. The first-order valence-electron chi connectivity index (χ1n) is 7.34. The second-order valence-corrected chi connectivity index (χ2v) is 7.50. The van der Waals surface area contributed by atoms with Crippen LogP contribution in [-0.4, -0.2) is 22.2 Å². The number of halogens is 4. The van der Waals surface area contributed by atoms with Crippen molar-refractivity contribution in [1.29, 1.82) is 0 Å². The Morgan fingerprint density at radius 2 is 1.92 bits per heavy atom. The van der Waals surface area contributed by atoms with Crippen LogP contribution in [0.5, 0.6) is 0 Å². The first-order valence-corrected chi connectivity index (χ1v) is 9.01. The van der Waals surface area contributed by atoms with Crippen molar-refractivity contribution in [2.45, 2.75) is 17.9 Å². The summed E-state index contributed by atoms with van der Waals surface area (Å²) in [5, 5.41) is 18.1. The molecule has 3 rings (SSSR count). The molecule has 0 radical (unpaired) electrons. The molecule has 1 aliphatic rings. The molecule has 3 unspecified atom stereocenters.